The molecule has 1 unspecified atom stereocenters. The van der Waals surface area contributed by atoms with Gasteiger partial charge in [-0.3, -0.25) is 0 Å². The van der Waals surface area contributed by atoms with Crippen LogP contribution in [0, 0.1) is 0 Å². The van der Waals surface area contributed by atoms with Crippen molar-refractivity contribution in [3.8, 4) is 0 Å². The van der Waals surface area contributed by atoms with Crippen molar-refractivity contribution in [2.45, 2.75) is 38.6 Å². The SMILES string of the molecule is CC(C)NCCC1Cc2ccccc21. The van der Waals surface area contributed by atoms with Gasteiger partial charge >= 0.3 is 0 Å². The molecule has 1 nitrogen and oxygen atoms in total. The summed E-state index contributed by atoms with van der Waals surface area (Å²) in [6.07, 6.45) is 2.57. The van der Waals surface area contributed by atoms with Crippen LogP contribution in [0.5, 0.6) is 0 Å². The van der Waals surface area contributed by atoms with Gasteiger partial charge in [0.2, 0.25) is 0 Å². The zero-order chi connectivity index (χ0) is 9.97. The molecule has 0 saturated carbocycles. The van der Waals surface area contributed by atoms with Crippen molar-refractivity contribution in [2.24, 2.45) is 0 Å². The summed E-state index contributed by atoms with van der Waals surface area (Å²) in [5.41, 5.74) is 3.14. The summed E-state index contributed by atoms with van der Waals surface area (Å²) in [6, 6.07) is 9.44. The van der Waals surface area contributed by atoms with E-state index in [0.717, 1.165) is 12.5 Å². The van der Waals surface area contributed by atoms with Gasteiger partial charge in [-0.2, -0.15) is 0 Å². The second-order valence-corrected chi connectivity index (χ2v) is 4.50. The third-order valence-electron chi connectivity index (χ3n) is 3.01. The van der Waals surface area contributed by atoms with E-state index in [1.807, 2.05) is 0 Å². The van der Waals surface area contributed by atoms with Gasteiger partial charge in [0, 0.05) is 6.04 Å². The zero-order valence-electron chi connectivity index (χ0n) is 9.09. The predicted octanol–water partition coefficient (Wildman–Crippen LogP) is 2.71. The van der Waals surface area contributed by atoms with E-state index in [1.165, 1.54) is 12.8 Å². The maximum absolute atomic E-state index is 3.48. The molecule has 1 aliphatic rings. The molecule has 1 aromatic rings. The van der Waals surface area contributed by atoms with Crippen molar-refractivity contribution in [3.05, 3.63) is 35.4 Å². The Morgan fingerprint density at radius 3 is 2.86 bits per heavy atom. The van der Waals surface area contributed by atoms with Crippen LogP contribution in [-0.4, -0.2) is 12.6 Å². The van der Waals surface area contributed by atoms with E-state index < -0.39 is 0 Å². The van der Waals surface area contributed by atoms with Crippen LogP contribution in [0.15, 0.2) is 24.3 Å². The third-order valence-corrected chi connectivity index (χ3v) is 3.01. The van der Waals surface area contributed by atoms with Gasteiger partial charge in [0.05, 0.1) is 0 Å². The topological polar surface area (TPSA) is 12.0 Å². The molecule has 0 aliphatic heterocycles. The Bertz CT molecular complexity index is 304. The number of hydrogen-bond donors (Lipinski definition) is 1. The molecule has 1 heteroatoms. The number of nitrogens with one attached hydrogen (secondary N) is 1. The summed E-state index contributed by atoms with van der Waals surface area (Å²) < 4.78 is 0. The smallest absolute Gasteiger partial charge is 0.00103 e. The van der Waals surface area contributed by atoms with Crippen molar-refractivity contribution < 1.29 is 0 Å². The third kappa shape index (κ3) is 1.98. The van der Waals surface area contributed by atoms with E-state index in [0.29, 0.717) is 6.04 Å². The minimum Gasteiger partial charge on any atom is -0.315 e. The highest BCUT2D eigenvalue weighted by Gasteiger charge is 2.24. The summed E-state index contributed by atoms with van der Waals surface area (Å²) in [4.78, 5) is 0. The molecule has 1 atom stereocenters. The average molecular weight is 189 g/mol. The largest absolute Gasteiger partial charge is 0.315 e. The van der Waals surface area contributed by atoms with Crippen molar-refractivity contribution in [1.29, 1.82) is 0 Å². The lowest BCUT2D eigenvalue weighted by molar-refractivity contribution is 0.496. The van der Waals surface area contributed by atoms with Gasteiger partial charge in [0.25, 0.3) is 0 Å². The van der Waals surface area contributed by atoms with E-state index >= 15 is 0 Å². The van der Waals surface area contributed by atoms with Crippen LogP contribution >= 0.6 is 0 Å². The normalized spacial score (nSPS) is 19.2. The van der Waals surface area contributed by atoms with Crippen LogP contribution in [0.2, 0.25) is 0 Å². The summed E-state index contributed by atoms with van der Waals surface area (Å²) in [6.45, 7) is 5.56. The van der Waals surface area contributed by atoms with Crippen molar-refractivity contribution in [3.63, 3.8) is 0 Å². The van der Waals surface area contributed by atoms with Gasteiger partial charge in [-0.1, -0.05) is 38.1 Å². The molecule has 0 spiro atoms. The first-order chi connectivity index (χ1) is 6.77. The highest BCUT2D eigenvalue weighted by molar-refractivity contribution is 5.39. The minimum absolute atomic E-state index is 0.616. The van der Waals surface area contributed by atoms with Crippen molar-refractivity contribution in [1.82, 2.24) is 5.32 Å². The summed E-state index contributed by atoms with van der Waals surface area (Å²) in [7, 11) is 0. The molecule has 2 rings (SSSR count). The Balaban J connectivity index is 1.81. The standard InChI is InChI=1S/C13H19N/c1-10(2)14-8-7-12-9-11-5-3-4-6-13(11)12/h3-6,10,12,14H,7-9H2,1-2H3. The molecule has 0 bridgehead atoms. The lowest BCUT2D eigenvalue weighted by Crippen LogP contribution is -2.27. The first kappa shape index (κ1) is 9.72. The molecule has 0 amide bonds. The second-order valence-electron chi connectivity index (χ2n) is 4.50. The minimum atomic E-state index is 0.616. The lowest BCUT2D eigenvalue weighted by Gasteiger charge is -2.30. The molecule has 0 heterocycles. The van der Waals surface area contributed by atoms with Crippen LogP contribution in [0.4, 0.5) is 0 Å². The molecule has 76 valence electrons. The molecular formula is C13H19N. The molecule has 0 aromatic heterocycles. The van der Waals surface area contributed by atoms with Gasteiger partial charge in [0.1, 0.15) is 0 Å². The predicted molar refractivity (Wildman–Crippen MR) is 60.6 cm³/mol. The lowest BCUT2D eigenvalue weighted by atomic mass is 9.76. The zero-order valence-corrected chi connectivity index (χ0v) is 9.09. The number of hydrogen-bond acceptors (Lipinski definition) is 1. The second kappa shape index (κ2) is 4.14. The molecule has 0 saturated heterocycles. The van der Waals surface area contributed by atoms with Crippen LogP contribution < -0.4 is 5.32 Å². The van der Waals surface area contributed by atoms with Crippen LogP contribution in [0.1, 0.15) is 37.3 Å². The van der Waals surface area contributed by atoms with E-state index in [-0.39, 0.29) is 0 Å². The number of rotatable bonds is 4. The highest BCUT2D eigenvalue weighted by Crippen LogP contribution is 2.36. The fourth-order valence-electron chi connectivity index (χ4n) is 2.17. The fourth-order valence-corrected chi connectivity index (χ4v) is 2.17. The molecule has 1 N–H and O–H groups in total. The van der Waals surface area contributed by atoms with Crippen molar-refractivity contribution >= 4 is 0 Å². The molecule has 1 aliphatic carbocycles. The molecule has 1 aromatic carbocycles. The summed E-state index contributed by atoms with van der Waals surface area (Å²) >= 11 is 0. The Kier molecular flexibility index (Phi) is 2.87. The van der Waals surface area contributed by atoms with E-state index in [9.17, 15) is 0 Å². The van der Waals surface area contributed by atoms with E-state index in [1.54, 1.807) is 11.1 Å². The Hall–Kier alpha value is -0.820. The van der Waals surface area contributed by atoms with Gasteiger partial charge < -0.3 is 5.32 Å². The molecule has 0 fully saturated rings. The van der Waals surface area contributed by atoms with E-state index in [4.69, 9.17) is 0 Å². The fraction of sp³-hybridized carbons (Fsp3) is 0.538. The monoisotopic (exact) mass is 189 g/mol. The quantitative estimate of drug-likeness (QED) is 0.768. The number of fused-ring (bicyclic) bond motifs is 1. The van der Waals surface area contributed by atoms with Crippen LogP contribution in [0.25, 0.3) is 0 Å². The highest BCUT2D eigenvalue weighted by atomic mass is 14.9. The molecule has 0 radical (unpaired) electrons. The average Bonchev–Trinajstić information content (AvgIpc) is 2.12. The van der Waals surface area contributed by atoms with Gasteiger partial charge in [-0.15, -0.1) is 0 Å². The Labute approximate surface area is 86.5 Å². The number of benzene rings is 1. The first-order valence-corrected chi connectivity index (χ1v) is 5.58. The maximum atomic E-state index is 3.48. The molecule has 14 heavy (non-hydrogen) atoms. The Morgan fingerprint density at radius 1 is 1.36 bits per heavy atom. The maximum Gasteiger partial charge on any atom is 0.00103 e. The van der Waals surface area contributed by atoms with Crippen LogP contribution in [0.3, 0.4) is 0 Å². The summed E-state index contributed by atoms with van der Waals surface area (Å²) in [5.74, 6) is 0.817. The van der Waals surface area contributed by atoms with Gasteiger partial charge in [-0.25, -0.2) is 0 Å². The summed E-state index contributed by atoms with van der Waals surface area (Å²) in [5, 5.41) is 3.48. The van der Waals surface area contributed by atoms with Crippen molar-refractivity contribution in [2.75, 3.05) is 6.54 Å². The van der Waals surface area contributed by atoms with Crippen LogP contribution in [-0.2, 0) is 6.42 Å². The first-order valence-electron chi connectivity index (χ1n) is 5.58. The van der Waals surface area contributed by atoms with Gasteiger partial charge in [-0.05, 0) is 36.4 Å². The Morgan fingerprint density at radius 2 is 2.14 bits per heavy atom. The van der Waals surface area contributed by atoms with Gasteiger partial charge in [0.15, 0.2) is 0 Å². The molecular weight excluding hydrogens is 170 g/mol. The van der Waals surface area contributed by atoms with E-state index in [2.05, 4.69) is 43.4 Å².